The Morgan fingerprint density at radius 3 is 2.33 bits per heavy atom. The van der Waals surface area contributed by atoms with Crippen LogP contribution in [0.15, 0.2) is 48.5 Å². The van der Waals surface area contributed by atoms with Gasteiger partial charge in [0.1, 0.15) is 17.6 Å². The molecule has 1 saturated heterocycles. The number of nitrogens with two attached hydrogens (primary N) is 1. The number of primary amides is 1. The summed E-state index contributed by atoms with van der Waals surface area (Å²) in [5.41, 5.74) is 9.72. The van der Waals surface area contributed by atoms with Gasteiger partial charge in [-0.25, -0.2) is 0 Å². The summed E-state index contributed by atoms with van der Waals surface area (Å²) in [6, 6.07) is 18.9. The molecule has 4 rings (SSSR count). The van der Waals surface area contributed by atoms with Crippen molar-refractivity contribution >= 4 is 11.7 Å². The summed E-state index contributed by atoms with van der Waals surface area (Å²) < 4.78 is 6.07. The number of nitriles is 2. The van der Waals surface area contributed by atoms with E-state index < -0.39 is 5.91 Å². The van der Waals surface area contributed by atoms with E-state index in [0.717, 1.165) is 49.2 Å². The SMILES string of the molecule is Cc1cc(C#N)cc(C)c1Oc1ccc(C#N)c(NC2CCN(Cc3ccc(C(N)=O)cc3)CC2)n1. The number of ether oxygens (including phenoxy) is 1. The highest BCUT2D eigenvalue weighted by Crippen LogP contribution is 2.30. The molecule has 0 unspecified atom stereocenters. The maximum atomic E-state index is 11.3. The van der Waals surface area contributed by atoms with Crippen molar-refractivity contribution in [3.05, 3.63) is 81.9 Å². The molecule has 2 heterocycles. The first kappa shape index (κ1) is 24.7. The van der Waals surface area contributed by atoms with Crippen LogP contribution >= 0.6 is 0 Å². The standard InChI is InChI=1S/C28H28N6O2/c1-18-13-21(15-29)14-19(2)26(18)36-25-8-7-23(16-30)28(33-25)32-24-9-11-34(12-10-24)17-20-3-5-22(6-4-20)27(31)35/h3-8,13-14,24H,9-12,17H2,1-2H3,(H2,31,35)(H,32,33). The van der Waals surface area contributed by atoms with Crippen molar-refractivity contribution in [2.45, 2.75) is 39.3 Å². The molecular formula is C28H28N6O2. The fourth-order valence-corrected chi connectivity index (χ4v) is 4.44. The second-order valence-corrected chi connectivity index (χ2v) is 9.07. The van der Waals surface area contributed by atoms with E-state index in [1.165, 1.54) is 0 Å². The number of rotatable bonds is 7. The Kier molecular flexibility index (Phi) is 7.48. The lowest BCUT2D eigenvalue weighted by molar-refractivity contribution is 0.1000. The molecule has 0 bridgehead atoms. The van der Waals surface area contributed by atoms with Crippen LogP contribution in [-0.2, 0) is 6.54 Å². The number of piperidine rings is 1. The molecule has 36 heavy (non-hydrogen) atoms. The largest absolute Gasteiger partial charge is 0.438 e. The molecule has 182 valence electrons. The van der Waals surface area contributed by atoms with Crippen molar-refractivity contribution in [2.75, 3.05) is 18.4 Å². The number of pyridine rings is 1. The molecule has 0 atom stereocenters. The number of aryl methyl sites for hydroxylation is 2. The number of benzene rings is 2. The lowest BCUT2D eigenvalue weighted by atomic mass is 10.0. The minimum absolute atomic E-state index is 0.187. The van der Waals surface area contributed by atoms with Crippen LogP contribution in [0.3, 0.4) is 0 Å². The minimum atomic E-state index is -0.421. The smallest absolute Gasteiger partial charge is 0.248 e. The summed E-state index contributed by atoms with van der Waals surface area (Å²) >= 11 is 0. The van der Waals surface area contributed by atoms with E-state index in [4.69, 9.17) is 10.5 Å². The molecule has 0 spiro atoms. The topological polar surface area (TPSA) is 128 Å². The Labute approximate surface area is 210 Å². The highest BCUT2D eigenvalue weighted by Gasteiger charge is 2.21. The fourth-order valence-electron chi connectivity index (χ4n) is 4.44. The van der Waals surface area contributed by atoms with Crippen molar-refractivity contribution in [1.29, 1.82) is 10.5 Å². The second kappa shape index (κ2) is 10.9. The minimum Gasteiger partial charge on any atom is -0.438 e. The summed E-state index contributed by atoms with van der Waals surface area (Å²) in [7, 11) is 0. The molecular weight excluding hydrogens is 452 g/mol. The third-order valence-corrected chi connectivity index (χ3v) is 6.36. The number of likely N-dealkylation sites (tertiary alicyclic amines) is 1. The van der Waals surface area contributed by atoms with E-state index in [9.17, 15) is 15.3 Å². The van der Waals surface area contributed by atoms with Crippen LogP contribution in [0.5, 0.6) is 11.6 Å². The highest BCUT2D eigenvalue weighted by molar-refractivity contribution is 5.92. The first-order valence-electron chi connectivity index (χ1n) is 11.8. The van der Waals surface area contributed by atoms with Gasteiger partial charge in [-0.05, 0) is 73.7 Å². The van der Waals surface area contributed by atoms with Gasteiger partial charge >= 0.3 is 0 Å². The average Bonchev–Trinajstić information content (AvgIpc) is 2.87. The van der Waals surface area contributed by atoms with Gasteiger partial charge in [-0.2, -0.15) is 15.5 Å². The van der Waals surface area contributed by atoms with Gasteiger partial charge in [0, 0.05) is 37.3 Å². The van der Waals surface area contributed by atoms with Gasteiger partial charge < -0.3 is 15.8 Å². The zero-order chi connectivity index (χ0) is 25.7. The van der Waals surface area contributed by atoms with E-state index in [2.05, 4.69) is 27.3 Å². The first-order valence-corrected chi connectivity index (χ1v) is 11.8. The average molecular weight is 481 g/mol. The molecule has 0 radical (unpaired) electrons. The van der Waals surface area contributed by atoms with Crippen molar-refractivity contribution in [3.8, 4) is 23.8 Å². The normalized spacial score (nSPS) is 14.0. The van der Waals surface area contributed by atoms with Crippen LogP contribution < -0.4 is 15.8 Å². The quantitative estimate of drug-likeness (QED) is 0.512. The predicted molar refractivity (Wildman–Crippen MR) is 137 cm³/mol. The molecule has 0 saturated carbocycles. The maximum Gasteiger partial charge on any atom is 0.248 e. The molecule has 1 fully saturated rings. The summed E-state index contributed by atoms with van der Waals surface area (Å²) in [5.74, 6) is 1.15. The Hall–Kier alpha value is -4.40. The van der Waals surface area contributed by atoms with Crippen LogP contribution in [0.2, 0.25) is 0 Å². The Morgan fingerprint density at radius 1 is 1.08 bits per heavy atom. The number of anilines is 1. The number of aromatic nitrogens is 1. The van der Waals surface area contributed by atoms with E-state index in [1.54, 1.807) is 36.4 Å². The van der Waals surface area contributed by atoms with Crippen molar-refractivity contribution in [2.24, 2.45) is 5.73 Å². The molecule has 2 aromatic carbocycles. The van der Waals surface area contributed by atoms with Gasteiger partial charge in [-0.3, -0.25) is 9.69 Å². The number of nitrogens with zero attached hydrogens (tertiary/aromatic N) is 4. The molecule has 1 aliphatic rings. The Morgan fingerprint density at radius 2 is 1.75 bits per heavy atom. The maximum absolute atomic E-state index is 11.3. The predicted octanol–water partition coefficient (Wildman–Crippen LogP) is 4.41. The van der Waals surface area contributed by atoms with Gasteiger partial charge in [0.05, 0.1) is 17.2 Å². The zero-order valence-corrected chi connectivity index (χ0v) is 20.4. The van der Waals surface area contributed by atoms with Gasteiger partial charge in [0.15, 0.2) is 0 Å². The zero-order valence-electron chi connectivity index (χ0n) is 20.4. The Balaban J connectivity index is 1.39. The summed E-state index contributed by atoms with van der Waals surface area (Å²) in [6.45, 7) is 6.39. The summed E-state index contributed by atoms with van der Waals surface area (Å²) in [5, 5.41) is 22.2. The van der Waals surface area contributed by atoms with Crippen molar-refractivity contribution in [1.82, 2.24) is 9.88 Å². The van der Waals surface area contributed by atoms with Crippen molar-refractivity contribution < 1.29 is 9.53 Å². The van der Waals surface area contributed by atoms with Gasteiger partial charge in [0.25, 0.3) is 0 Å². The van der Waals surface area contributed by atoms with Crippen LogP contribution in [0.1, 0.15) is 51.0 Å². The number of nitrogens with one attached hydrogen (secondary N) is 1. The van der Waals surface area contributed by atoms with E-state index in [-0.39, 0.29) is 6.04 Å². The third kappa shape index (κ3) is 5.80. The van der Waals surface area contributed by atoms with Gasteiger partial charge in [-0.1, -0.05) is 12.1 Å². The molecule has 1 amide bonds. The number of carbonyl (C=O) groups excluding carboxylic acids is 1. The third-order valence-electron chi connectivity index (χ3n) is 6.36. The molecule has 3 N–H and O–H groups in total. The van der Waals surface area contributed by atoms with Gasteiger partial charge in [0.2, 0.25) is 11.8 Å². The lowest BCUT2D eigenvalue weighted by Gasteiger charge is -2.32. The highest BCUT2D eigenvalue weighted by atomic mass is 16.5. The Bertz CT molecular complexity index is 1320. The number of hydrogen-bond acceptors (Lipinski definition) is 7. The second-order valence-electron chi connectivity index (χ2n) is 9.07. The van der Waals surface area contributed by atoms with E-state index in [1.807, 2.05) is 26.0 Å². The fraction of sp³-hybridized carbons (Fsp3) is 0.286. The molecule has 8 heteroatoms. The van der Waals surface area contributed by atoms with Crippen LogP contribution in [0, 0.1) is 36.5 Å². The summed E-state index contributed by atoms with van der Waals surface area (Å²) in [6.07, 6.45) is 1.82. The summed E-state index contributed by atoms with van der Waals surface area (Å²) in [4.78, 5) is 18.2. The molecule has 8 nitrogen and oxygen atoms in total. The molecule has 1 aliphatic heterocycles. The van der Waals surface area contributed by atoms with Crippen LogP contribution in [0.25, 0.3) is 0 Å². The van der Waals surface area contributed by atoms with Crippen molar-refractivity contribution in [3.63, 3.8) is 0 Å². The van der Waals surface area contributed by atoms with Crippen LogP contribution in [0.4, 0.5) is 5.82 Å². The van der Waals surface area contributed by atoms with Gasteiger partial charge in [-0.15, -0.1) is 0 Å². The monoisotopic (exact) mass is 480 g/mol. The molecule has 1 aromatic heterocycles. The van der Waals surface area contributed by atoms with Crippen LogP contribution in [-0.4, -0.2) is 34.9 Å². The number of hydrogen-bond donors (Lipinski definition) is 2. The van der Waals surface area contributed by atoms with E-state index in [0.29, 0.717) is 34.1 Å². The lowest BCUT2D eigenvalue weighted by Crippen LogP contribution is -2.38. The van der Waals surface area contributed by atoms with E-state index >= 15 is 0 Å². The molecule has 0 aliphatic carbocycles. The molecule has 3 aromatic rings. The number of carbonyl (C=O) groups is 1. The number of amides is 1. The first-order chi connectivity index (χ1) is 17.4.